The Balaban J connectivity index is 1.56. The topological polar surface area (TPSA) is 69.7 Å². The molecule has 2 aromatic carbocycles. The minimum Gasteiger partial charge on any atom is -0.324 e. The third-order valence-corrected chi connectivity index (χ3v) is 7.04. The fourth-order valence-corrected chi connectivity index (χ4v) is 6.02. The SMILES string of the molecule is O=C1[C@@H]2[C@@H]3CCCN3[C@]3(C(=O)Nc4ccc(F)cc43)[C@H]2C(=O)N1c1ccc(F)cc1. The van der Waals surface area contributed by atoms with Crippen molar-refractivity contribution in [2.24, 2.45) is 11.8 Å². The van der Waals surface area contributed by atoms with Gasteiger partial charge in [0.1, 0.15) is 17.2 Å². The summed E-state index contributed by atoms with van der Waals surface area (Å²) in [5, 5.41) is 2.80. The highest BCUT2D eigenvalue weighted by molar-refractivity contribution is 6.25. The van der Waals surface area contributed by atoms with E-state index in [2.05, 4.69) is 5.32 Å². The van der Waals surface area contributed by atoms with Crippen molar-refractivity contribution in [2.45, 2.75) is 24.4 Å². The van der Waals surface area contributed by atoms with Gasteiger partial charge in [-0.2, -0.15) is 0 Å². The molecule has 152 valence electrons. The van der Waals surface area contributed by atoms with E-state index in [9.17, 15) is 23.2 Å². The van der Waals surface area contributed by atoms with Crippen LogP contribution in [0.4, 0.5) is 20.2 Å². The van der Waals surface area contributed by atoms with Gasteiger partial charge < -0.3 is 5.32 Å². The summed E-state index contributed by atoms with van der Waals surface area (Å²) in [6, 6.07) is 8.91. The van der Waals surface area contributed by atoms with Crippen molar-refractivity contribution in [3.8, 4) is 0 Å². The number of fused-ring (bicyclic) bond motifs is 7. The molecule has 1 N–H and O–H groups in total. The Kier molecular flexibility index (Phi) is 3.38. The summed E-state index contributed by atoms with van der Waals surface area (Å²) in [6.07, 6.45) is 1.46. The van der Waals surface area contributed by atoms with Crippen molar-refractivity contribution < 1.29 is 23.2 Å². The van der Waals surface area contributed by atoms with Gasteiger partial charge in [-0.3, -0.25) is 19.3 Å². The molecule has 3 amide bonds. The Morgan fingerprint density at radius 1 is 0.967 bits per heavy atom. The fraction of sp³-hybridized carbons (Fsp3) is 0.318. The zero-order chi connectivity index (χ0) is 20.8. The number of nitrogens with zero attached hydrogens (tertiary/aromatic N) is 2. The lowest BCUT2D eigenvalue weighted by Gasteiger charge is -2.36. The van der Waals surface area contributed by atoms with Crippen molar-refractivity contribution in [1.82, 2.24) is 4.90 Å². The maximum absolute atomic E-state index is 14.2. The quantitative estimate of drug-likeness (QED) is 0.735. The molecule has 6 rings (SSSR count). The van der Waals surface area contributed by atoms with Gasteiger partial charge in [-0.05, 0) is 61.9 Å². The molecule has 6 nitrogen and oxygen atoms in total. The molecule has 0 radical (unpaired) electrons. The lowest BCUT2D eigenvalue weighted by molar-refractivity contribution is -0.135. The van der Waals surface area contributed by atoms with Crippen LogP contribution in [-0.4, -0.2) is 35.2 Å². The number of hydrogen-bond donors (Lipinski definition) is 1. The number of imide groups is 1. The Morgan fingerprint density at radius 3 is 2.47 bits per heavy atom. The van der Waals surface area contributed by atoms with Crippen LogP contribution in [0.15, 0.2) is 42.5 Å². The summed E-state index contributed by atoms with van der Waals surface area (Å²) in [4.78, 5) is 43.4. The van der Waals surface area contributed by atoms with Gasteiger partial charge in [0.25, 0.3) is 0 Å². The maximum atomic E-state index is 14.2. The second-order valence-corrected chi connectivity index (χ2v) is 8.31. The number of halogens is 2. The minimum absolute atomic E-state index is 0.276. The summed E-state index contributed by atoms with van der Waals surface area (Å²) in [7, 11) is 0. The first-order chi connectivity index (χ1) is 14.4. The number of carbonyl (C=O) groups is 3. The van der Waals surface area contributed by atoms with E-state index in [0.717, 1.165) is 11.3 Å². The van der Waals surface area contributed by atoms with Crippen LogP contribution in [-0.2, 0) is 19.9 Å². The lowest BCUT2D eigenvalue weighted by atomic mass is 9.75. The number of amides is 3. The van der Waals surface area contributed by atoms with Crippen molar-refractivity contribution in [2.75, 3.05) is 16.8 Å². The van der Waals surface area contributed by atoms with Gasteiger partial charge in [-0.15, -0.1) is 0 Å². The highest BCUT2D eigenvalue weighted by Crippen LogP contribution is 2.60. The van der Waals surface area contributed by atoms with Gasteiger partial charge >= 0.3 is 0 Å². The van der Waals surface area contributed by atoms with Crippen LogP contribution in [0, 0.1) is 23.5 Å². The molecule has 1 spiro atoms. The Morgan fingerprint density at radius 2 is 1.70 bits per heavy atom. The van der Waals surface area contributed by atoms with Gasteiger partial charge in [0.15, 0.2) is 0 Å². The standard InChI is InChI=1S/C22H17F2N3O3/c23-11-3-6-13(7-4-11)27-19(28)17-16-2-1-9-26(16)22(18(17)20(27)29)14-10-12(24)5-8-15(14)25-21(22)30/h3-8,10,16-18H,1-2,9H2,(H,25,30)/t16-,17+,18+,22-/m0/s1. The maximum Gasteiger partial charge on any atom is 0.250 e. The molecular formula is C22H17F2N3O3. The zero-order valence-electron chi connectivity index (χ0n) is 15.8. The summed E-state index contributed by atoms with van der Waals surface area (Å²) >= 11 is 0. The lowest BCUT2D eigenvalue weighted by Crippen LogP contribution is -2.54. The van der Waals surface area contributed by atoms with Gasteiger partial charge in [0, 0.05) is 17.3 Å². The Bertz CT molecular complexity index is 1130. The molecule has 4 atom stereocenters. The van der Waals surface area contributed by atoms with Crippen LogP contribution in [0.1, 0.15) is 18.4 Å². The first kappa shape index (κ1) is 17.7. The predicted octanol–water partition coefficient (Wildman–Crippen LogP) is 2.40. The normalized spacial score (nSPS) is 32.0. The molecule has 0 aromatic heterocycles. The largest absolute Gasteiger partial charge is 0.324 e. The molecule has 4 aliphatic rings. The van der Waals surface area contributed by atoms with E-state index in [1.54, 1.807) is 0 Å². The van der Waals surface area contributed by atoms with Crippen LogP contribution >= 0.6 is 0 Å². The van der Waals surface area contributed by atoms with E-state index in [0.29, 0.717) is 24.2 Å². The van der Waals surface area contributed by atoms with Crippen LogP contribution in [0.2, 0.25) is 0 Å². The van der Waals surface area contributed by atoms with Crippen molar-refractivity contribution in [3.63, 3.8) is 0 Å². The van der Waals surface area contributed by atoms with E-state index >= 15 is 0 Å². The second-order valence-electron chi connectivity index (χ2n) is 8.31. The monoisotopic (exact) mass is 409 g/mol. The van der Waals surface area contributed by atoms with Crippen molar-refractivity contribution >= 4 is 29.1 Å². The van der Waals surface area contributed by atoms with Crippen LogP contribution in [0.25, 0.3) is 0 Å². The van der Waals surface area contributed by atoms with Gasteiger partial charge in [0.2, 0.25) is 17.7 Å². The van der Waals surface area contributed by atoms with E-state index < -0.39 is 40.8 Å². The minimum atomic E-state index is -1.41. The van der Waals surface area contributed by atoms with Crippen molar-refractivity contribution in [1.29, 1.82) is 0 Å². The highest BCUT2D eigenvalue weighted by atomic mass is 19.1. The number of anilines is 2. The third-order valence-electron chi connectivity index (χ3n) is 7.04. The first-order valence-corrected chi connectivity index (χ1v) is 9.96. The average molecular weight is 409 g/mol. The average Bonchev–Trinajstić information content (AvgIpc) is 3.42. The molecular weight excluding hydrogens is 392 g/mol. The summed E-state index contributed by atoms with van der Waals surface area (Å²) in [5.41, 5.74) is -0.259. The molecule has 3 saturated heterocycles. The number of hydrogen-bond acceptors (Lipinski definition) is 4. The zero-order valence-corrected chi connectivity index (χ0v) is 15.8. The molecule has 0 bridgehead atoms. The molecule has 4 aliphatic heterocycles. The van der Waals surface area contributed by atoms with E-state index in [1.165, 1.54) is 42.5 Å². The first-order valence-electron chi connectivity index (χ1n) is 9.96. The molecule has 4 heterocycles. The number of rotatable bonds is 1. The summed E-state index contributed by atoms with van der Waals surface area (Å²) in [5.74, 6) is -3.92. The van der Waals surface area contributed by atoms with Crippen LogP contribution < -0.4 is 10.2 Å². The van der Waals surface area contributed by atoms with E-state index in [4.69, 9.17) is 0 Å². The fourth-order valence-electron chi connectivity index (χ4n) is 6.02. The molecule has 0 saturated carbocycles. The molecule has 0 aliphatic carbocycles. The molecule has 8 heteroatoms. The number of carbonyl (C=O) groups excluding carboxylic acids is 3. The van der Waals surface area contributed by atoms with Gasteiger partial charge in [0.05, 0.1) is 17.5 Å². The summed E-state index contributed by atoms with van der Waals surface area (Å²) in [6.45, 7) is 0.554. The number of benzene rings is 2. The third kappa shape index (κ3) is 1.92. The number of nitrogens with one attached hydrogen (secondary N) is 1. The second kappa shape index (κ2) is 5.72. The molecule has 30 heavy (non-hydrogen) atoms. The predicted molar refractivity (Wildman–Crippen MR) is 102 cm³/mol. The Hall–Kier alpha value is -3.13. The summed E-state index contributed by atoms with van der Waals surface area (Å²) < 4.78 is 27.6. The van der Waals surface area contributed by atoms with Crippen molar-refractivity contribution in [3.05, 3.63) is 59.7 Å². The van der Waals surface area contributed by atoms with E-state index in [1.807, 2.05) is 4.90 Å². The highest BCUT2D eigenvalue weighted by Gasteiger charge is 2.74. The van der Waals surface area contributed by atoms with Gasteiger partial charge in [-0.25, -0.2) is 13.7 Å². The molecule has 3 fully saturated rings. The van der Waals surface area contributed by atoms with Crippen LogP contribution in [0.5, 0.6) is 0 Å². The Labute approximate surface area is 170 Å². The molecule has 0 unspecified atom stereocenters. The molecule has 2 aromatic rings. The smallest absolute Gasteiger partial charge is 0.250 e. The van der Waals surface area contributed by atoms with Crippen LogP contribution in [0.3, 0.4) is 0 Å². The van der Waals surface area contributed by atoms with Gasteiger partial charge in [-0.1, -0.05) is 0 Å². The van der Waals surface area contributed by atoms with E-state index in [-0.39, 0.29) is 17.6 Å².